The predicted molar refractivity (Wildman–Crippen MR) is 115 cm³/mol. The third-order valence-electron chi connectivity index (χ3n) is 5.12. The van der Waals surface area contributed by atoms with Crippen molar-refractivity contribution in [3.8, 4) is 0 Å². The van der Waals surface area contributed by atoms with Gasteiger partial charge in [-0.05, 0) is 51.5 Å². The molecule has 0 aromatic carbocycles. The van der Waals surface area contributed by atoms with Gasteiger partial charge in [-0.25, -0.2) is 0 Å². The maximum Gasteiger partial charge on any atom is 0.00388 e. The summed E-state index contributed by atoms with van der Waals surface area (Å²) in [6.45, 7) is 3.09. The smallest absolute Gasteiger partial charge is 0.00388 e. The Labute approximate surface area is 159 Å². The zero-order valence-corrected chi connectivity index (χ0v) is 17.3. The van der Waals surface area contributed by atoms with E-state index >= 15 is 0 Å². The highest BCUT2D eigenvalue weighted by molar-refractivity contribution is 4.81. The van der Waals surface area contributed by atoms with Crippen LogP contribution in [0.3, 0.4) is 0 Å². The minimum absolute atomic E-state index is 0.406. The molecule has 2 heteroatoms. The standard InChI is InChI=1S/C23H48N2/c1-2-3-4-5-6-7-8-9-10-11-12-13-14-15-16-17-20-23(25)21-18-19-22-24/h9-10,23H,2-8,11-22,24-25H2,1H3. The van der Waals surface area contributed by atoms with Crippen molar-refractivity contribution < 1.29 is 0 Å². The zero-order valence-electron chi connectivity index (χ0n) is 17.3. The molecule has 0 amide bonds. The van der Waals surface area contributed by atoms with Gasteiger partial charge in [-0.1, -0.05) is 89.7 Å². The Morgan fingerprint density at radius 2 is 1.04 bits per heavy atom. The van der Waals surface area contributed by atoms with Crippen LogP contribution in [0, 0.1) is 0 Å². The van der Waals surface area contributed by atoms with Crippen LogP contribution < -0.4 is 11.5 Å². The molecule has 2 nitrogen and oxygen atoms in total. The van der Waals surface area contributed by atoms with E-state index < -0.39 is 0 Å². The lowest BCUT2D eigenvalue weighted by molar-refractivity contribution is 0.494. The van der Waals surface area contributed by atoms with Gasteiger partial charge < -0.3 is 11.5 Å². The van der Waals surface area contributed by atoms with Gasteiger partial charge in [-0.2, -0.15) is 0 Å². The van der Waals surface area contributed by atoms with Crippen LogP contribution in [0.2, 0.25) is 0 Å². The number of rotatable bonds is 20. The van der Waals surface area contributed by atoms with Crippen LogP contribution in [0.5, 0.6) is 0 Å². The van der Waals surface area contributed by atoms with Crippen molar-refractivity contribution in [2.75, 3.05) is 6.54 Å². The lowest BCUT2D eigenvalue weighted by atomic mass is 10.0. The molecule has 0 fully saturated rings. The van der Waals surface area contributed by atoms with E-state index in [2.05, 4.69) is 19.1 Å². The molecule has 0 aromatic heterocycles. The lowest BCUT2D eigenvalue weighted by Gasteiger charge is -2.10. The fourth-order valence-electron chi connectivity index (χ4n) is 3.35. The summed E-state index contributed by atoms with van der Waals surface area (Å²) >= 11 is 0. The second-order valence-corrected chi connectivity index (χ2v) is 7.77. The van der Waals surface area contributed by atoms with Gasteiger partial charge in [-0.3, -0.25) is 0 Å². The fourth-order valence-corrected chi connectivity index (χ4v) is 3.35. The first kappa shape index (κ1) is 24.7. The average molecular weight is 353 g/mol. The van der Waals surface area contributed by atoms with Gasteiger partial charge in [0, 0.05) is 6.04 Å². The Bertz CT molecular complexity index is 263. The molecule has 0 radical (unpaired) electrons. The van der Waals surface area contributed by atoms with Crippen LogP contribution in [0.1, 0.15) is 122 Å². The Kier molecular flexibility index (Phi) is 21.4. The molecule has 1 unspecified atom stereocenters. The molecule has 0 aliphatic rings. The zero-order chi connectivity index (χ0) is 18.4. The number of allylic oxidation sites excluding steroid dienone is 2. The number of unbranched alkanes of at least 4 members (excludes halogenated alkanes) is 13. The SMILES string of the molecule is CCCCCCCCC=CCCCCCCCCC(N)CCCCN. The Morgan fingerprint density at radius 3 is 1.56 bits per heavy atom. The van der Waals surface area contributed by atoms with Gasteiger partial charge in [0.05, 0.1) is 0 Å². The first-order valence-electron chi connectivity index (χ1n) is 11.4. The minimum atomic E-state index is 0.406. The summed E-state index contributed by atoms with van der Waals surface area (Å²) in [5, 5.41) is 0. The maximum absolute atomic E-state index is 6.13. The molecule has 150 valence electrons. The molecular weight excluding hydrogens is 304 g/mol. The third kappa shape index (κ3) is 21.6. The summed E-state index contributed by atoms with van der Waals surface area (Å²) in [5.74, 6) is 0. The molecule has 25 heavy (non-hydrogen) atoms. The average Bonchev–Trinajstić information content (AvgIpc) is 2.61. The normalized spacial score (nSPS) is 12.9. The Balaban J connectivity index is 3.14. The van der Waals surface area contributed by atoms with Crippen LogP contribution >= 0.6 is 0 Å². The third-order valence-corrected chi connectivity index (χ3v) is 5.12. The molecule has 0 rings (SSSR count). The van der Waals surface area contributed by atoms with Gasteiger partial charge in [-0.15, -0.1) is 0 Å². The Morgan fingerprint density at radius 1 is 0.600 bits per heavy atom. The molecule has 0 bridgehead atoms. The predicted octanol–water partition coefficient (Wildman–Crippen LogP) is 6.87. The minimum Gasteiger partial charge on any atom is -0.330 e. The molecule has 0 aliphatic heterocycles. The topological polar surface area (TPSA) is 52.0 Å². The largest absolute Gasteiger partial charge is 0.330 e. The Hall–Kier alpha value is -0.340. The second kappa shape index (κ2) is 21.7. The van der Waals surface area contributed by atoms with Gasteiger partial charge in [0.15, 0.2) is 0 Å². The van der Waals surface area contributed by atoms with E-state index in [-0.39, 0.29) is 0 Å². The van der Waals surface area contributed by atoms with Crippen molar-refractivity contribution in [2.24, 2.45) is 11.5 Å². The van der Waals surface area contributed by atoms with Crippen molar-refractivity contribution in [1.82, 2.24) is 0 Å². The molecule has 0 spiro atoms. The van der Waals surface area contributed by atoms with Crippen molar-refractivity contribution >= 4 is 0 Å². The first-order chi connectivity index (χ1) is 12.3. The molecule has 4 N–H and O–H groups in total. The molecule has 0 aromatic rings. The molecule has 0 aliphatic carbocycles. The summed E-state index contributed by atoms with van der Waals surface area (Å²) < 4.78 is 0. The quantitative estimate of drug-likeness (QED) is 0.185. The number of nitrogens with two attached hydrogens (primary N) is 2. The summed E-state index contributed by atoms with van der Waals surface area (Å²) in [6.07, 6.45) is 28.7. The monoisotopic (exact) mass is 352 g/mol. The van der Waals surface area contributed by atoms with E-state index in [0.717, 1.165) is 19.4 Å². The summed E-state index contributed by atoms with van der Waals surface area (Å²) in [4.78, 5) is 0. The highest BCUT2D eigenvalue weighted by atomic mass is 14.6. The van der Waals surface area contributed by atoms with Crippen molar-refractivity contribution in [1.29, 1.82) is 0 Å². The fraction of sp³-hybridized carbons (Fsp3) is 0.913. The number of hydrogen-bond donors (Lipinski definition) is 2. The molecule has 0 saturated heterocycles. The highest BCUT2D eigenvalue weighted by Gasteiger charge is 2.01. The summed E-state index contributed by atoms with van der Waals surface area (Å²) in [5.41, 5.74) is 11.6. The van der Waals surface area contributed by atoms with E-state index in [9.17, 15) is 0 Å². The van der Waals surface area contributed by atoms with Crippen LogP contribution in [0.25, 0.3) is 0 Å². The van der Waals surface area contributed by atoms with Crippen LogP contribution in [-0.4, -0.2) is 12.6 Å². The van der Waals surface area contributed by atoms with Crippen molar-refractivity contribution in [3.05, 3.63) is 12.2 Å². The van der Waals surface area contributed by atoms with Crippen LogP contribution in [0.15, 0.2) is 12.2 Å². The van der Waals surface area contributed by atoms with E-state index in [0.29, 0.717) is 6.04 Å². The van der Waals surface area contributed by atoms with Crippen LogP contribution in [0.4, 0.5) is 0 Å². The second-order valence-electron chi connectivity index (χ2n) is 7.77. The van der Waals surface area contributed by atoms with Gasteiger partial charge in [0.1, 0.15) is 0 Å². The van der Waals surface area contributed by atoms with E-state index in [1.165, 1.54) is 103 Å². The van der Waals surface area contributed by atoms with Crippen molar-refractivity contribution in [3.63, 3.8) is 0 Å². The van der Waals surface area contributed by atoms with Gasteiger partial charge >= 0.3 is 0 Å². The molecule has 0 saturated carbocycles. The molecule has 0 heterocycles. The maximum atomic E-state index is 6.13. The lowest BCUT2D eigenvalue weighted by Crippen LogP contribution is -2.19. The van der Waals surface area contributed by atoms with Gasteiger partial charge in [0.25, 0.3) is 0 Å². The highest BCUT2D eigenvalue weighted by Crippen LogP contribution is 2.12. The molecule has 1 atom stereocenters. The van der Waals surface area contributed by atoms with E-state index in [4.69, 9.17) is 11.5 Å². The van der Waals surface area contributed by atoms with Crippen molar-refractivity contribution in [2.45, 2.75) is 129 Å². The van der Waals surface area contributed by atoms with Gasteiger partial charge in [0.2, 0.25) is 0 Å². The van der Waals surface area contributed by atoms with Crippen LogP contribution in [-0.2, 0) is 0 Å². The summed E-state index contributed by atoms with van der Waals surface area (Å²) in [7, 11) is 0. The van der Waals surface area contributed by atoms with E-state index in [1.54, 1.807) is 0 Å². The van der Waals surface area contributed by atoms with E-state index in [1.807, 2.05) is 0 Å². The first-order valence-corrected chi connectivity index (χ1v) is 11.4. The number of hydrogen-bond acceptors (Lipinski definition) is 2. The summed E-state index contributed by atoms with van der Waals surface area (Å²) in [6, 6.07) is 0.406. The molecular formula is C23H48N2.